The number of nitrogens with two attached hydrogens (primary N) is 1. The van der Waals surface area contributed by atoms with E-state index in [0.29, 0.717) is 0 Å². The minimum absolute atomic E-state index is 0.0536. The van der Waals surface area contributed by atoms with Crippen LogP contribution < -0.4 is 11.3 Å². The maximum atomic E-state index is 13.6. The highest BCUT2D eigenvalue weighted by Gasteiger charge is 2.26. The van der Waals surface area contributed by atoms with Crippen LogP contribution in [0.15, 0.2) is 23.0 Å². The Labute approximate surface area is 141 Å². The molecular weight excluding hydrogens is 336 g/mol. The van der Waals surface area contributed by atoms with Crippen LogP contribution in [0, 0.1) is 11.6 Å². The standard InChI is InChI=1S/C16H17F2N3O4/c1-2-25-14(23)7-12-15(16(24)21-20-12)9(6-13(19)22)8-3-4-10(17)11(18)5-8/h3-5,9H,2,6-7H2,1H3,(H2,19,22)(H2,20,21,24)/t9-/m0/s1. The van der Waals surface area contributed by atoms with Gasteiger partial charge in [-0.1, -0.05) is 6.07 Å². The molecule has 4 N–H and O–H groups in total. The molecule has 0 unspecified atom stereocenters. The maximum absolute atomic E-state index is 13.6. The van der Waals surface area contributed by atoms with Crippen molar-refractivity contribution in [2.45, 2.75) is 25.7 Å². The summed E-state index contributed by atoms with van der Waals surface area (Å²) in [5.74, 6) is -4.44. The van der Waals surface area contributed by atoms with Gasteiger partial charge in [-0.2, -0.15) is 0 Å². The zero-order chi connectivity index (χ0) is 18.6. The predicted molar refractivity (Wildman–Crippen MR) is 83.8 cm³/mol. The van der Waals surface area contributed by atoms with E-state index in [4.69, 9.17) is 10.5 Å². The van der Waals surface area contributed by atoms with Crippen molar-refractivity contribution >= 4 is 11.9 Å². The van der Waals surface area contributed by atoms with Crippen molar-refractivity contribution in [1.82, 2.24) is 10.2 Å². The minimum Gasteiger partial charge on any atom is -0.466 e. The molecule has 7 nitrogen and oxygen atoms in total. The number of H-pyrrole nitrogens is 2. The van der Waals surface area contributed by atoms with E-state index in [0.717, 1.165) is 12.1 Å². The largest absolute Gasteiger partial charge is 0.466 e. The van der Waals surface area contributed by atoms with E-state index in [-0.39, 0.29) is 36.3 Å². The molecule has 1 aromatic carbocycles. The molecule has 0 radical (unpaired) electrons. The van der Waals surface area contributed by atoms with Gasteiger partial charge in [0.1, 0.15) is 0 Å². The number of carbonyl (C=O) groups is 2. The van der Waals surface area contributed by atoms with Gasteiger partial charge in [0.25, 0.3) is 5.56 Å². The molecule has 0 spiro atoms. The van der Waals surface area contributed by atoms with Gasteiger partial charge in [0, 0.05) is 17.9 Å². The fourth-order valence-electron chi connectivity index (χ4n) is 2.59. The molecular formula is C16H17F2N3O4. The Morgan fingerprint density at radius 2 is 1.96 bits per heavy atom. The molecule has 0 aliphatic rings. The number of benzene rings is 1. The molecule has 0 saturated heterocycles. The van der Waals surface area contributed by atoms with Crippen LogP contribution in [0.1, 0.15) is 36.1 Å². The molecule has 134 valence electrons. The fourth-order valence-corrected chi connectivity index (χ4v) is 2.59. The van der Waals surface area contributed by atoms with Crippen LogP contribution in [0.5, 0.6) is 0 Å². The lowest BCUT2D eigenvalue weighted by molar-refractivity contribution is -0.142. The second-order valence-electron chi connectivity index (χ2n) is 5.35. The van der Waals surface area contributed by atoms with Crippen LogP contribution in [0.4, 0.5) is 8.78 Å². The van der Waals surface area contributed by atoms with E-state index in [1.54, 1.807) is 6.92 Å². The number of halogens is 2. The van der Waals surface area contributed by atoms with E-state index in [1.807, 2.05) is 0 Å². The van der Waals surface area contributed by atoms with E-state index in [9.17, 15) is 23.2 Å². The van der Waals surface area contributed by atoms with Crippen molar-refractivity contribution < 1.29 is 23.1 Å². The van der Waals surface area contributed by atoms with Crippen molar-refractivity contribution in [3.63, 3.8) is 0 Å². The number of aromatic amines is 2. The third-order valence-corrected chi connectivity index (χ3v) is 3.62. The summed E-state index contributed by atoms with van der Waals surface area (Å²) >= 11 is 0. The number of nitrogens with one attached hydrogen (secondary N) is 2. The Morgan fingerprint density at radius 3 is 2.56 bits per heavy atom. The highest BCUT2D eigenvalue weighted by molar-refractivity contribution is 5.76. The lowest BCUT2D eigenvalue weighted by atomic mass is 9.87. The first-order valence-electron chi connectivity index (χ1n) is 7.51. The summed E-state index contributed by atoms with van der Waals surface area (Å²) in [4.78, 5) is 35.3. The monoisotopic (exact) mass is 353 g/mol. The first kappa shape index (κ1) is 18.4. The Balaban J connectivity index is 2.49. The molecule has 0 saturated carbocycles. The number of ether oxygens (including phenoxy) is 1. The van der Waals surface area contributed by atoms with Crippen LogP contribution in [0.3, 0.4) is 0 Å². The van der Waals surface area contributed by atoms with Gasteiger partial charge in [-0.3, -0.25) is 19.5 Å². The summed E-state index contributed by atoms with van der Waals surface area (Å²) < 4.78 is 31.6. The Morgan fingerprint density at radius 1 is 1.24 bits per heavy atom. The van der Waals surface area contributed by atoms with Crippen LogP contribution >= 0.6 is 0 Å². The van der Waals surface area contributed by atoms with Crippen LogP contribution in [0.2, 0.25) is 0 Å². The Hall–Kier alpha value is -2.97. The van der Waals surface area contributed by atoms with E-state index in [2.05, 4.69) is 10.2 Å². The number of amides is 1. The maximum Gasteiger partial charge on any atom is 0.311 e. The number of aromatic nitrogens is 2. The second kappa shape index (κ2) is 7.73. The van der Waals surface area contributed by atoms with Gasteiger partial charge < -0.3 is 15.6 Å². The summed E-state index contributed by atoms with van der Waals surface area (Å²) in [6, 6.07) is 3.04. The third-order valence-electron chi connectivity index (χ3n) is 3.62. The molecule has 1 atom stereocenters. The number of hydrogen-bond acceptors (Lipinski definition) is 4. The molecule has 2 rings (SSSR count). The molecule has 2 aromatic rings. The van der Waals surface area contributed by atoms with Crippen LogP contribution in [-0.2, 0) is 20.7 Å². The van der Waals surface area contributed by atoms with Gasteiger partial charge in [0.05, 0.1) is 18.7 Å². The van der Waals surface area contributed by atoms with Crippen molar-refractivity contribution in [2.75, 3.05) is 6.61 Å². The third kappa shape index (κ3) is 4.31. The highest BCUT2D eigenvalue weighted by Crippen LogP contribution is 2.29. The van der Waals surface area contributed by atoms with Gasteiger partial charge in [0.2, 0.25) is 5.91 Å². The van der Waals surface area contributed by atoms with Gasteiger partial charge in [-0.25, -0.2) is 8.78 Å². The number of rotatable bonds is 7. The zero-order valence-corrected chi connectivity index (χ0v) is 13.4. The quantitative estimate of drug-likeness (QED) is 0.646. The van der Waals surface area contributed by atoms with Crippen LogP contribution in [0.25, 0.3) is 0 Å². The van der Waals surface area contributed by atoms with Crippen LogP contribution in [-0.4, -0.2) is 28.7 Å². The number of esters is 1. The summed E-state index contributed by atoms with van der Waals surface area (Å²) in [5.41, 5.74) is 5.08. The summed E-state index contributed by atoms with van der Waals surface area (Å²) in [7, 11) is 0. The lowest BCUT2D eigenvalue weighted by Crippen LogP contribution is -2.22. The first-order chi connectivity index (χ1) is 11.8. The average Bonchev–Trinajstić information content (AvgIpc) is 2.88. The molecule has 0 aliphatic heterocycles. The van der Waals surface area contributed by atoms with Crippen molar-refractivity contribution in [3.8, 4) is 0 Å². The molecule has 0 bridgehead atoms. The normalized spacial score (nSPS) is 12.0. The fraction of sp³-hybridized carbons (Fsp3) is 0.312. The second-order valence-corrected chi connectivity index (χ2v) is 5.35. The van der Waals surface area contributed by atoms with Gasteiger partial charge in [-0.05, 0) is 24.6 Å². The molecule has 0 fully saturated rings. The molecule has 0 aliphatic carbocycles. The Bertz CT molecular complexity index is 844. The van der Waals surface area contributed by atoms with Crippen molar-refractivity contribution in [2.24, 2.45) is 5.73 Å². The number of carbonyl (C=O) groups excluding carboxylic acids is 2. The van der Waals surface area contributed by atoms with E-state index >= 15 is 0 Å². The molecule has 1 heterocycles. The van der Waals surface area contributed by atoms with Gasteiger partial charge in [0.15, 0.2) is 11.6 Å². The molecule has 1 aromatic heterocycles. The summed E-state index contributed by atoms with van der Waals surface area (Å²) in [5, 5.41) is 4.88. The lowest BCUT2D eigenvalue weighted by Gasteiger charge is -2.16. The summed E-state index contributed by atoms with van der Waals surface area (Å²) in [6.45, 7) is 1.80. The van der Waals surface area contributed by atoms with E-state index < -0.39 is 35.0 Å². The highest BCUT2D eigenvalue weighted by atomic mass is 19.2. The van der Waals surface area contributed by atoms with Gasteiger partial charge in [-0.15, -0.1) is 0 Å². The van der Waals surface area contributed by atoms with Crippen molar-refractivity contribution in [1.29, 1.82) is 0 Å². The summed E-state index contributed by atoms with van der Waals surface area (Å²) in [6.07, 6.45) is -0.567. The topological polar surface area (TPSA) is 118 Å². The van der Waals surface area contributed by atoms with Gasteiger partial charge >= 0.3 is 5.97 Å². The first-order valence-corrected chi connectivity index (χ1v) is 7.51. The molecule has 9 heteroatoms. The number of primary amides is 1. The smallest absolute Gasteiger partial charge is 0.311 e. The van der Waals surface area contributed by atoms with E-state index in [1.165, 1.54) is 6.07 Å². The zero-order valence-electron chi connectivity index (χ0n) is 13.4. The van der Waals surface area contributed by atoms with Crippen molar-refractivity contribution in [3.05, 3.63) is 57.0 Å². The number of hydrogen-bond donors (Lipinski definition) is 3. The molecule has 25 heavy (non-hydrogen) atoms. The molecule has 1 amide bonds. The Kier molecular flexibility index (Phi) is 5.68. The predicted octanol–water partition coefficient (Wildman–Crippen LogP) is 1.09. The average molecular weight is 353 g/mol. The SMILES string of the molecule is CCOC(=O)Cc1[nH][nH]c(=O)c1[C@@H](CC(N)=O)c1ccc(F)c(F)c1. The minimum atomic E-state index is -1.12.